The third-order valence-corrected chi connectivity index (χ3v) is 7.83. The largest absolute Gasteiger partial charge is 0.496 e. The first-order valence-corrected chi connectivity index (χ1v) is 12.1. The second-order valence-corrected chi connectivity index (χ2v) is 9.81. The first-order chi connectivity index (χ1) is 16.5. The fourth-order valence-corrected chi connectivity index (χ4v) is 6.21. The van der Waals surface area contributed by atoms with Gasteiger partial charge in [0.1, 0.15) is 5.75 Å². The summed E-state index contributed by atoms with van der Waals surface area (Å²) < 4.78 is 7.46. The smallest absolute Gasteiger partial charge is 0.258 e. The summed E-state index contributed by atoms with van der Waals surface area (Å²) in [5.41, 5.74) is 3.80. The van der Waals surface area contributed by atoms with Crippen molar-refractivity contribution >= 4 is 11.5 Å². The highest BCUT2D eigenvalue weighted by Gasteiger charge is 2.56. The normalized spacial score (nSPS) is 25.7. The zero-order valence-electron chi connectivity index (χ0n) is 20.1. The van der Waals surface area contributed by atoms with Gasteiger partial charge in [-0.3, -0.25) is 14.5 Å². The van der Waals surface area contributed by atoms with Crippen molar-refractivity contribution in [1.29, 1.82) is 0 Å². The Morgan fingerprint density at radius 1 is 1.21 bits per heavy atom. The lowest BCUT2D eigenvalue weighted by molar-refractivity contribution is -0.135. The van der Waals surface area contributed by atoms with Crippen LogP contribution in [0.15, 0.2) is 47.3 Å². The third-order valence-electron chi connectivity index (χ3n) is 7.83. The first-order valence-electron chi connectivity index (χ1n) is 12.1. The molecule has 0 spiro atoms. The second-order valence-electron chi connectivity index (χ2n) is 9.81. The van der Waals surface area contributed by atoms with Crippen molar-refractivity contribution in [2.45, 2.75) is 44.4 Å². The van der Waals surface area contributed by atoms with E-state index in [1.54, 1.807) is 26.1 Å². The van der Waals surface area contributed by atoms with Gasteiger partial charge in [-0.15, -0.1) is 0 Å². The van der Waals surface area contributed by atoms with E-state index in [4.69, 9.17) is 4.74 Å². The van der Waals surface area contributed by atoms with Gasteiger partial charge in [0.25, 0.3) is 5.56 Å². The van der Waals surface area contributed by atoms with E-state index in [0.717, 1.165) is 47.4 Å². The Kier molecular flexibility index (Phi) is 6.08. The summed E-state index contributed by atoms with van der Waals surface area (Å²) in [6.07, 6.45) is 5.20. The number of ether oxygens (including phenoxy) is 1. The number of methoxy groups -OCH3 is 1. The van der Waals surface area contributed by atoms with Crippen LogP contribution in [-0.4, -0.2) is 59.2 Å². The Hall–Kier alpha value is -2.90. The maximum absolute atomic E-state index is 13.6. The topological polar surface area (TPSA) is 75.0 Å². The molecule has 2 aromatic rings. The number of hydrogen-bond donors (Lipinski definition) is 1. The molecule has 1 aliphatic carbocycles. The lowest BCUT2D eigenvalue weighted by Gasteiger charge is -2.38. The molecule has 0 saturated carbocycles. The molecule has 7 nitrogen and oxygen atoms in total. The second kappa shape index (κ2) is 9.04. The van der Waals surface area contributed by atoms with Crippen LogP contribution in [0.2, 0.25) is 0 Å². The van der Waals surface area contributed by atoms with Gasteiger partial charge in [-0.1, -0.05) is 24.3 Å². The molecular formula is C27H33N3O4. The van der Waals surface area contributed by atoms with Gasteiger partial charge in [0, 0.05) is 62.6 Å². The van der Waals surface area contributed by atoms with E-state index < -0.39 is 5.92 Å². The molecule has 2 aliphatic heterocycles. The number of carbonyl (C=O) groups is 1. The van der Waals surface area contributed by atoms with E-state index in [2.05, 4.69) is 11.0 Å². The number of carbonyl (C=O) groups excluding carboxylic acids is 1. The predicted molar refractivity (Wildman–Crippen MR) is 130 cm³/mol. The van der Waals surface area contributed by atoms with Crippen molar-refractivity contribution in [3.8, 4) is 5.75 Å². The van der Waals surface area contributed by atoms with Crippen LogP contribution in [0.5, 0.6) is 5.75 Å². The number of pyridine rings is 1. The number of benzene rings is 1. The van der Waals surface area contributed by atoms with Gasteiger partial charge in [-0.2, -0.15) is 0 Å². The molecule has 7 heteroatoms. The van der Waals surface area contributed by atoms with Gasteiger partial charge in [-0.25, -0.2) is 0 Å². The molecule has 2 bridgehead atoms. The molecule has 1 fully saturated rings. The highest BCUT2D eigenvalue weighted by Crippen LogP contribution is 2.50. The Morgan fingerprint density at radius 2 is 2.00 bits per heavy atom. The molecule has 5 rings (SSSR count). The molecule has 1 aromatic carbocycles. The number of aliphatic hydroxyl groups excluding tert-OH is 1. The Labute approximate surface area is 200 Å². The van der Waals surface area contributed by atoms with Gasteiger partial charge in [0.15, 0.2) is 0 Å². The van der Waals surface area contributed by atoms with Crippen molar-refractivity contribution in [3.63, 3.8) is 0 Å². The van der Waals surface area contributed by atoms with Crippen molar-refractivity contribution in [2.24, 2.45) is 11.8 Å². The minimum atomic E-state index is -0.426. The Morgan fingerprint density at radius 3 is 2.68 bits per heavy atom. The van der Waals surface area contributed by atoms with Crippen molar-refractivity contribution in [2.75, 3.05) is 27.8 Å². The summed E-state index contributed by atoms with van der Waals surface area (Å²) >= 11 is 0. The minimum absolute atomic E-state index is 0.0138. The van der Waals surface area contributed by atoms with Crippen LogP contribution >= 0.6 is 0 Å². The zero-order valence-corrected chi connectivity index (χ0v) is 20.1. The van der Waals surface area contributed by atoms with Gasteiger partial charge < -0.3 is 19.3 Å². The summed E-state index contributed by atoms with van der Waals surface area (Å²) in [6, 6.07) is 11.4. The van der Waals surface area contributed by atoms with Crippen LogP contribution in [0.1, 0.15) is 42.1 Å². The number of amides is 1. The number of aromatic nitrogens is 1. The molecule has 3 heterocycles. The van der Waals surface area contributed by atoms with Gasteiger partial charge in [0.05, 0.1) is 19.1 Å². The lowest BCUT2D eigenvalue weighted by atomic mass is 9.86. The lowest BCUT2D eigenvalue weighted by Crippen LogP contribution is -2.46. The summed E-state index contributed by atoms with van der Waals surface area (Å²) in [5.74, 6) is 0.0944. The van der Waals surface area contributed by atoms with Crippen molar-refractivity contribution in [1.82, 2.24) is 14.4 Å². The van der Waals surface area contributed by atoms with Crippen LogP contribution in [0.3, 0.4) is 0 Å². The number of fused-ring (bicyclic) bond motifs is 4. The molecule has 1 amide bonds. The van der Waals surface area contributed by atoms with E-state index in [-0.39, 0.29) is 36.1 Å². The molecule has 1 N–H and O–H groups in total. The third kappa shape index (κ3) is 3.58. The summed E-state index contributed by atoms with van der Waals surface area (Å²) in [6.45, 7) is 0.937. The van der Waals surface area contributed by atoms with Crippen LogP contribution < -0.4 is 10.3 Å². The fourth-order valence-electron chi connectivity index (χ4n) is 6.21. The quantitative estimate of drug-likeness (QED) is 0.713. The first kappa shape index (κ1) is 22.9. The summed E-state index contributed by atoms with van der Waals surface area (Å²) in [7, 11) is 5.17. The van der Waals surface area contributed by atoms with E-state index in [1.807, 2.05) is 41.0 Å². The number of allylic oxidation sites excluding steroid dienone is 2. The van der Waals surface area contributed by atoms with Crippen molar-refractivity contribution < 1.29 is 14.6 Å². The van der Waals surface area contributed by atoms with Crippen LogP contribution in [0.4, 0.5) is 0 Å². The molecule has 1 aromatic heterocycles. The molecule has 3 aliphatic rings. The average molecular weight is 464 g/mol. The number of rotatable bonds is 6. The van der Waals surface area contributed by atoms with Gasteiger partial charge >= 0.3 is 0 Å². The monoisotopic (exact) mass is 463 g/mol. The number of para-hydroxylation sites is 1. The van der Waals surface area contributed by atoms with E-state index in [1.165, 1.54) is 0 Å². The molecule has 180 valence electrons. The van der Waals surface area contributed by atoms with Gasteiger partial charge in [0.2, 0.25) is 5.91 Å². The Bertz CT molecular complexity index is 1180. The SMILES string of the molecule is COc1ccccc1CN1[C@@H]2Cn3c(ccc(C4=CCCC4)c3=O)[C@H]1[C@@H](C(=O)N(C)C)[C@@H]2CO. The average Bonchev–Trinajstić information content (AvgIpc) is 3.43. The summed E-state index contributed by atoms with van der Waals surface area (Å²) in [4.78, 5) is 30.9. The molecule has 0 unspecified atom stereocenters. The highest BCUT2D eigenvalue weighted by molar-refractivity contribution is 5.80. The van der Waals surface area contributed by atoms with Crippen LogP contribution in [0, 0.1) is 11.8 Å². The maximum Gasteiger partial charge on any atom is 0.258 e. The Balaban J connectivity index is 1.63. The van der Waals surface area contributed by atoms with Crippen molar-refractivity contribution in [3.05, 3.63) is 69.6 Å². The molecule has 34 heavy (non-hydrogen) atoms. The number of nitrogens with zero attached hydrogens (tertiary/aromatic N) is 3. The van der Waals surface area contributed by atoms with Crippen LogP contribution in [0.25, 0.3) is 5.57 Å². The van der Waals surface area contributed by atoms with E-state index in [0.29, 0.717) is 13.1 Å². The van der Waals surface area contributed by atoms with E-state index in [9.17, 15) is 14.7 Å². The summed E-state index contributed by atoms with van der Waals surface area (Å²) in [5, 5.41) is 10.5. The van der Waals surface area contributed by atoms with Crippen LogP contribution in [-0.2, 0) is 17.9 Å². The van der Waals surface area contributed by atoms with E-state index >= 15 is 0 Å². The number of hydrogen-bond acceptors (Lipinski definition) is 5. The standard InChI is InChI=1S/C27H33N3O4/c1-28(2)27(33)24-20(16-31)22-15-30-21(13-12-19(26(30)32)17-8-4-5-9-17)25(24)29(22)14-18-10-6-7-11-23(18)34-3/h6-8,10-13,20,22,24-25,31H,4-5,9,14-16H2,1-3H3/t20-,22-,24+,25+/m1/s1. The minimum Gasteiger partial charge on any atom is -0.496 e. The maximum atomic E-state index is 13.6. The van der Waals surface area contributed by atoms with Gasteiger partial charge in [-0.05, 0) is 43.0 Å². The number of aliphatic hydroxyl groups is 1. The molecule has 0 radical (unpaired) electrons. The molecular weight excluding hydrogens is 430 g/mol. The predicted octanol–water partition coefficient (Wildman–Crippen LogP) is 2.68. The molecule has 4 atom stereocenters. The highest BCUT2D eigenvalue weighted by atomic mass is 16.5. The zero-order chi connectivity index (χ0) is 24.0. The fraction of sp³-hybridized carbons (Fsp3) is 0.481. The molecule has 1 saturated heterocycles.